The largest absolute Gasteiger partial charge is 0.352 e. The molecule has 0 bridgehead atoms. The van der Waals surface area contributed by atoms with Crippen LogP contribution in [0.5, 0.6) is 0 Å². The third-order valence-corrected chi connectivity index (χ3v) is 3.27. The Hall–Kier alpha value is -1.80. The molecule has 0 unspecified atom stereocenters. The first kappa shape index (κ1) is 13.6. The Kier molecular flexibility index (Phi) is 4.99. The van der Waals surface area contributed by atoms with E-state index in [-0.39, 0.29) is 5.91 Å². The van der Waals surface area contributed by atoms with Crippen molar-refractivity contribution in [1.82, 2.24) is 5.32 Å². The summed E-state index contributed by atoms with van der Waals surface area (Å²) >= 11 is 6.07. The maximum atomic E-state index is 11.8. The molecule has 0 spiro atoms. The Bertz CT molecular complexity index is 539. The van der Waals surface area contributed by atoms with Crippen LogP contribution in [-0.2, 0) is 6.42 Å². The molecule has 1 amide bonds. The number of carbonyl (C=O) groups excluding carboxylic acids is 1. The van der Waals surface area contributed by atoms with E-state index < -0.39 is 0 Å². The molecule has 0 radical (unpaired) electrons. The van der Waals surface area contributed by atoms with Crippen molar-refractivity contribution in [2.45, 2.75) is 12.8 Å². The average molecular weight is 274 g/mol. The molecule has 2 nitrogen and oxygen atoms in total. The van der Waals surface area contributed by atoms with Gasteiger partial charge in [0.25, 0.3) is 5.91 Å². The Balaban J connectivity index is 1.76. The van der Waals surface area contributed by atoms with Crippen molar-refractivity contribution in [3.8, 4) is 0 Å². The van der Waals surface area contributed by atoms with Crippen LogP contribution in [-0.4, -0.2) is 12.5 Å². The second kappa shape index (κ2) is 6.95. The smallest absolute Gasteiger partial charge is 0.251 e. The predicted molar refractivity (Wildman–Crippen MR) is 78.5 cm³/mol. The Morgan fingerprint density at radius 2 is 1.68 bits per heavy atom. The molecule has 0 atom stereocenters. The number of nitrogens with one attached hydrogen (secondary N) is 1. The molecule has 0 fully saturated rings. The number of rotatable bonds is 5. The molecular weight excluding hydrogens is 258 g/mol. The van der Waals surface area contributed by atoms with Gasteiger partial charge in [0.2, 0.25) is 0 Å². The van der Waals surface area contributed by atoms with Crippen LogP contribution in [0.15, 0.2) is 54.6 Å². The third kappa shape index (κ3) is 4.11. The summed E-state index contributed by atoms with van der Waals surface area (Å²) in [7, 11) is 0. The fraction of sp³-hybridized carbons (Fsp3) is 0.188. The van der Waals surface area contributed by atoms with Gasteiger partial charge in [-0.3, -0.25) is 4.79 Å². The van der Waals surface area contributed by atoms with Gasteiger partial charge in [0.05, 0.1) is 0 Å². The maximum Gasteiger partial charge on any atom is 0.251 e. The lowest BCUT2D eigenvalue weighted by Crippen LogP contribution is -2.24. The molecule has 2 rings (SSSR count). The van der Waals surface area contributed by atoms with Crippen molar-refractivity contribution in [1.29, 1.82) is 0 Å². The van der Waals surface area contributed by atoms with Crippen LogP contribution in [0.4, 0.5) is 0 Å². The number of carbonyl (C=O) groups is 1. The van der Waals surface area contributed by atoms with Crippen molar-refractivity contribution in [3.63, 3.8) is 0 Å². The molecule has 0 aromatic heterocycles. The van der Waals surface area contributed by atoms with E-state index in [9.17, 15) is 4.79 Å². The number of hydrogen-bond acceptors (Lipinski definition) is 1. The molecule has 0 saturated heterocycles. The molecule has 0 aliphatic heterocycles. The summed E-state index contributed by atoms with van der Waals surface area (Å²) in [5.74, 6) is -0.0280. The average Bonchev–Trinajstić information content (AvgIpc) is 2.46. The maximum absolute atomic E-state index is 11.8. The second-order valence-corrected chi connectivity index (χ2v) is 4.72. The van der Waals surface area contributed by atoms with E-state index in [1.165, 1.54) is 0 Å². The Morgan fingerprint density at radius 1 is 1.00 bits per heavy atom. The summed E-state index contributed by atoms with van der Waals surface area (Å²) in [6.45, 7) is 0.652. The van der Waals surface area contributed by atoms with Gasteiger partial charge in [0, 0.05) is 17.1 Å². The summed E-state index contributed by atoms with van der Waals surface area (Å²) in [5, 5.41) is 3.70. The molecule has 0 heterocycles. The fourth-order valence-corrected chi connectivity index (χ4v) is 2.10. The lowest BCUT2D eigenvalue weighted by Gasteiger charge is -2.06. The highest BCUT2D eigenvalue weighted by Gasteiger charge is 2.03. The lowest BCUT2D eigenvalue weighted by atomic mass is 10.1. The Labute approximate surface area is 118 Å². The van der Waals surface area contributed by atoms with E-state index in [0.717, 1.165) is 23.4 Å². The SMILES string of the molecule is O=C(NCCCc1ccccc1Cl)c1ccccc1. The summed E-state index contributed by atoms with van der Waals surface area (Å²) in [4.78, 5) is 11.8. The fourth-order valence-electron chi connectivity index (χ4n) is 1.87. The van der Waals surface area contributed by atoms with Crippen LogP contribution < -0.4 is 5.32 Å². The van der Waals surface area contributed by atoms with Gasteiger partial charge >= 0.3 is 0 Å². The molecule has 0 aliphatic rings. The van der Waals surface area contributed by atoms with Gasteiger partial charge in [0.15, 0.2) is 0 Å². The van der Waals surface area contributed by atoms with Crippen molar-refractivity contribution < 1.29 is 4.79 Å². The van der Waals surface area contributed by atoms with E-state index in [1.807, 2.05) is 54.6 Å². The first-order chi connectivity index (χ1) is 9.27. The minimum absolute atomic E-state index is 0.0280. The molecule has 3 heteroatoms. The van der Waals surface area contributed by atoms with E-state index in [2.05, 4.69) is 5.32 Å². The molecule has 2 aromatic carbocycles. The monoisotopic (exact) mass is 273 g/mol. The zero-order chi connectivity index (χ0) is 13.5. The lowest BCUT2D eigenvalue weighted by molar-refractivity contribution is 0.0953. The topological polar surface area (TPSA) is 29.1 Å². The van der Waals surface area contributed by atoms with E-state index in [4.69, 9.17) is 11.6 Å². The zero-order valence-electron chi connectivity index (χ0n) is 10.6. The predicted octanol–water partition coefficient (Wildman–Crippen LogP) is 3.70. The summed E-state index contributed by atoms with van der Waals surface area (Å²) in [5.41, 5.74) is 1.82. The molecular formula is C16H16ClNO. The van der Waals surface area contributed by atoms with Gasteiger partial charge in [0.1, 0.15) is 0 Å². The standard InChI is InChI=1S/C16H16ClNO/c17-15-11-5-4-7-13(15)10-6-12-18-16(19)14-8-2-1-3-9-14/h1-5,7-9,11H,6,10,12H2,(H,18,19). The van der Waals surface area contributed by atoms with Crippen LogP contribution in [0.25, 0.3) is 0 Å². The van der Waals surface area contributed by atoms with Gasteiger partial charge in [-0.05, 0) is 36.6 Å². The number of benzene rings is 2. The van der Waals surface area contributed by atoms with E-state index in [0.29, 0.717) is 12.1 Å². The van der Waals surface area contributed by atoms with Crippen LogP contribution >= 0.6 is 11.6 Å². The number of amides is 1. The van der Waals surface area contributed by atoms with Crippen molar-refractivity contribution in [2.24, 2.45) is 0 Å². The van der Waals surface area contributed by atoms with E-state index in [1.54, 1.807) is 0 Å². The highest BCUT2D eigenvalue weighted by Crippen LogP contribution is 2.16. The van der Waals surface area contributed by atoms with Crippen molar-refractivity contribution in [2.75, 3.05) is 6.54 Å². The Morgan fingerprint density at radius 3 is 2.42 bits per heavy atom. The van der Waals surface area contributed by atoms with Crippen molar-refractivity contribution >= 4 is 17.5 Å². The van der Waals surface area contributed by atoms with Crippen LogP contribution in [0.2, 0.25) is 5.02 Å². The van der Waals surface area contributed by atoms with Gasteiger partial charge < -0.3 is 5.32 Å². The molecule has 2 aromatic rings. The minimum atomic E-state index is -0.0280. The molecule has 0 aliphatic carbocycles. The van der Waals surface area contributed by atoms with Gasteiger partial charge in [-0.15, -0.1) is 0 Å². The van der Waals surface area contributed by atoms with Crippen LogP contribution in [0, 0.1) is 0 Å². The first-order valence-electron chi connectivity index (χ1n) is 6.34. The molecule has 98 valence electrons. The number of aryl methyl sites for hydroxylation is 1. The highest BCUT2D eigenvalue weighted by atomic mass is 35.5. The van der Waals surface area contributed by atoms with Crippen LogP contribution in [0.1, 0.15) is 22.3 Å². The molecule has 1 N–H and O–H groups in total. The van der Waals surface area contributed by atoms with Crippen molar-refractivity contribution in [3.05, 3.63) is 70.7 Å². The molecule has 19 heavy (non-hydrogen) atoms. The molecule has 0 saturated carbocycles. The highest BCUT2D eigenvalue weighted by molar-refractivity contribution is 6.31. The zero-order valence-corrected chi connectivity index (χ0v) is 11.4. The first-order valence-corrected chi connectivity index (χ1v) is 6.72. The number of hydrogen-bond donors (Lipinski definition) is 1. The quantitative estimate of drug-likeness (QED) is 0.827. The normalized spacial score (nSPS) is 10.2. The van der Waals surface area contributed by atoms with E-state index >= 15 is 0 Å². The summed E-state index contributed by atoms with van der Waals surface area (Å²) in [6.07, 6.45) is 1.75. The summed E-state index contributed by atoms with van der Waals surface area (Å²) in [6, 6.07) is 17.0. The minimum Gasteiger partial charge on any atom is -0.352 e. The van der Waals surface area contributed by atoms with Crippen LogP contribution in [0.3, 0.4) is 0 Å². The number of halogens is 1. The van der Waals surface area contributed by atoms with Gasteiger partial charge in [-0.25, -0.2) is 0 Å². The third-order valence-electron chi connectivity index (χ3n) is 2.90. The van der Waals surface area contributed by atoms with Gasteiger partial charge in [-0.2, -0.15) is 0 Å². The second-order valence-electron chi connectivity index (χ2n) is 4.32. The van der Waals surface area contributed by atoms with Gasteiger partial charge in [-0.1, -0.05) is 48.0 Å². The summed E-state index contributed by atoms with van der Waals surface area (Å²) < 4.78 is 0.